The number of rotatable bonds is 7. The van der Waals surface area contributed by atoms with Gasteiger partial charge in [-0.2, -0.15) is 13.2 Å². The van der Waals surface area contributed by atoms with Gasteiger partial charge in [0, 0.05) is 29.3 Å². The Morgan fingerprint density at radius 1 is 1.24 bits per heavy atom. The summed E-state index contributed by atoms with van der Waals surface area (Å²) in [5.41, 5.74) is 7.68. The van der Waals surface area contributed by atoms with Crippen LogP contribution in [0.3, 0.4) is 0 Å². The Kier molecular flexibility index (Phi) is 7.83. The molecule has 1 aliphatic rings. The number of ether oxygens (including phenoxy) is 2. The van der Waals surface area contributed by atoms with Crippen molar-refractivity contribution in [2.45, 2.75) is 44.6 Å². The maximum Gasteiger partial charge on any atom is 0.406 e. The molecule has 1 aliphatic heterocycles. The highest BCUT2D eigenvalue weighted by atomic mass is 19.4. The van der Waals surface area contributed by atoms with E-state index in [0.29, 0.717) is 34.5 Å². The molecule has 1 saturated heterocycles. The van der Waals surface area contributed by atoms with Crippen LogP contribution in [0.15, 0.2) is 42.5 Å². The van der Waals surface area contributed by atoms with Crippen LogP contribution in [0, 0.1) is 11.8 Å². The molecule has 0 aliphatic carbocycles. The Balaban J connectivity index is 1.60. The number of anilines is 2. The molecule has 2 atom stereocenters. The van der Waals surface area contributed by atoms with Crippen LogP contribution in [-0.2, 0) is 11.3 Å². The standard InChI is InChI=1S/C27H29F3N4O3/c1-17-13-19(10-12-37-17)33-22-6-3-7-24-21(22)15-20(34(24)16-27(28,29)30)5-4-11-32-23-9-8-18(26(31)35)14-25(23)36-2/h3,6-9,14-15,17,19,32-33H,10-13,16H2,1-2H3,(H2,31,35)/t17-,19-/m0/s1. The monoisotopic (exact) mass is 514 g/mol. The van der Waals surface area contributed by atoms with Crippen LogP contribution < -0.4 is 21.1 Å². The van der Waals surface area contributed by atoms with E-state index in [9.17, 15) is 18.0 Å². The highest BCUT2D eigenvalue weighted by Gasteiger charge is 2.30. The van der Waals surface area contributed by atoms with E-state index >= 15 is 0 Å². The van der Waals surface area contributed by atoms with Crippen LogP contribution in [0.1, 0.15) is 35.8 Å². The summed E-state index contributed by atoms with van der Waals surface area (Å²) in [5.74, 6) is 5.61. The maximum atomic E-state index is 13.5. The van der Waals surface area contributed by atoms with Crippen molar-refractivity contribution in [3.8, 4) is 17.6 Å². The zero-order valence-electron chi connectivity index (χ0n) is 20.6. The van der Waals surface area contributed by atoms with Gasteiger partial charge in [-0.15, -0.1) is 0 Å². The minimum absolute atomic E-state index is 0.125. The lowest BCUT2D eigenvalue weighted by atomic mass is 10.0. The Morgan fingerprint density at radius 2 is 2.05 bits per heavy atom. The van der Waals surface area contributed by atoms with Gasteiger partial charge in [-0.3, -0.25) is 4.79 Å². The molecular formula is C27H29F3N4O3. The van der Waals surface area contributed by atoms with Crippen LogP contribution in [-0.4, -0.2) is 49.1 Å². The molecule has 37 heavy (non-hydrogen) atoms. The largest absolute Gasteiger partial charge is 0.495 e. The quantitative estimate of drug-likeness (QED) is 0.396. The lowest BCUT2D eigenvalue weighted by Gasteiger charge is -2.29. The van der Waals surface area contributed by atoms with E-state index in [1.165, 1.54) is 17.7 Å². The molecule has 0 unspecified atom stereocenters. The summed E-state index contributed by atoms with van der Waals surface area (Å²) in [6.07, 6.45) is -2.64. The zero-order chi connectivity index (χ0) is 26.6. The van der Waals surface area contributed by atoms with Crippen LogP contribution in [0.2, 0.25) is 0 Å². The Morgan fingerprint density at radius 3 is 2.76 bits per heavy atom. The third kappa shape index (κ3) is 6.49. The average molecular weight is 515 g/mol. The molecule has 196 valence electrons. The number of nitrogens with zero attached hydrogens (tertiary/aromatic N) is 1. The van der Waals surface area contributed by atoms with E-state index in [-0.39, 0.29) is 24.4 Å². The second kappa shape index (κ2) is 11.0. The molecule has 1 amide bonds. The molecule has 0 spiro atoms. The molecule has 1 aromatic heterocycles. The first kappa shape index (κ1) is 26.2. The number of halogens is 3. The van der Waals surface area contributed by atoms with Gasteiger partial charge in [0.1, 0.15) is 12.3 Å². The fourth-order valence-electron chi connectivity index (χ4n) is 4.48. The molecular weight excluding hydrogens is 485 g/mol. The van der Waals surface area contributed by atoms with Crippen LogP contribution in [0.4, 0.5) is 24.5 Å². The molecule has 1 fully saturated rings. The normalized spacial score (nSPS) is 17.6. The summed E-state index contributed by atoms with van der Waals surface area (Å²) >= 11 is 0. The summed E-state index contributed by atoms with van der Waals surface area (Å²) < 4.78 is 52.5. The minimum Gasteiger partial charge on any atom is -0.495 e. The van der Waals surface area contributed by atoms with Crippen LogP contribution in [0.5, 0.6) is 5.75 Å². The first-order chi connectivity index (χ1) is 17.6. The predicted octanol–water partition coefficient (Wildman–Crippen LogP) is 4.75. The van der Waals surface area contributed by atoms with Gasteiger partial charge in [0.2, 0.25) is 5.91 Å². The molecule has 7 nitrogen and oxygen atoms in total. The molecule has 3 aromatic rings. The summed E-state index contributed by atoms with van der Waals surface area (Å²) in [6.45, 7) is 1.65. The molecule has 2 heterocycles. The van der Waals surface area contributed by atoms with Crippen molar-refractivity contribution in [1.29, 1.82) is 0 Å². The number of nitrogens with one attached hydrogen (secondary N) is 2. The first-order valence-corrected chi connectivity index (χ1v) is 11.9. The van der Waals surface area contributed by atoms with E-state index in [0.717, 1.165) is 18.5 Å². The number of primary amides is 1. The molecule has 10 heteroatoms. The fourth-order valence-corrected chi connectivity index (χ4v) is 4.48. The van der Waals surface area contributed by atoms with Crippen molar-refractivity contribution in [3.05, 3.63) is 53.7 Å². The molecule has 0 radical (unpaired) electrons. The lowest BCUT2D eigenvalue weighted by Crippen LogP contribution is -2.32. The minimum atomic E-state index is -4.41. The van der Waals surface area contributed by atoms with Crippen molar-refractivity contribution in [3.63, 3.8) is 0 Å². The number of benzene rings is 2. The number of amides is 1. The van der Waals surface area contributed by atoms with E-state index in [1.54, 1.807) is 30.3 Å². The number of methoxy groups -OCH3 is 1. The van der Waals surface area contributed by atoms with Gasteiger partial charge in [-0.25, -0.2) is 0 Å². The molecule has 2 aromatic carbocycles. The number of nitrogens with two attached hydrogens (primary N) is 1. The Labute approximate surface area is 213 Å². The molecule has 4 rings (SSSR count). The van der Waals surface area contributed by atoms with Gasteiger partial charge >= 0.3 is 6.18 Å². The van der Waals surface area contributed by atoms with E-state index < -0.39 is 18.6 Å². The molecule has 0 bridgehead atoms. The van der Waals surface area contributed by atoms with Crippen LogP contribution >= 0.6 is 0 Å². The number of carbonyl (C=O) groups excluding carboxylic acids is 1. The number of hydrogen-bond donors (Lipinski definition) is 3. The highest BCUT2D eigenvalue weighted by Crippen LogP contribution is 2.31. The van der Waals surface area contributed by atoms with E-state index in [2.05, 4.69) is 22.5 Å². The second-order valence-corrected chi connectivity index (χ2v) is 8.95. The lowest BCUT2D eigenvalue weighted by molar-refractivity contribution is -0.140. The Hall–Kier alpha value is -3.84. The van der Waals surface area contributed by atoms with Crippen molar-refractivity contribution in [2.75, 3.05) is 30.9 Å². The van der Waals surface area contributed by atoms with Gasteiger partial charge in [0.15, 0.2) is 0 Å². The van der Waals surface area contributed by atoms with Gasteiger partial charge < -0.3 is 30.4 Å². The summed E-state index contributed by atoms with van der Waals surface area (Å²) in [4.78, 5) is 11.4. The van der Waals surface area contributed by atoms with Gasteiger partial charge in [-0.1, -0.05) is 12.0 Å². The second-order valence-electron chi connectivity index (χ2n) is 8.95. The number of fused-ring (bicyclic) bond motifs is 1. The third-order valence-electron chi connectivity index (χ3n) is 6.20. The predicted molar refractivity (Wildman–Crippen MR) is 137 cm³/mol. The van der Waals surface area contributed by atoms with Crippen molar-refractivity contribution in [2.24, 2.45) is 5.73 Å². The first-order valence-electron chi connectivity index (χ1n) is 11.9. The SMILES string of the molecule is COc1cc(C(N)=O)ccc1NCC#Cc1cc2c(N[C@H]3CCO[C@@H](C)C3)cccc2n1CC(F)(F)F. The van der Waals surface area contributed by atoms with Crippen molar-refractivity contribution < 1.29 is 27.4 Å². The summed E-state index contributed by atoms with van der Waals surface area (Å²) in [6, 6.07) is 11.9. The molecule has 4 N–H and O–H groups in total. The molecule has 0 saturated carbocycles. The number of alkyl halides is 3. The number of hydrogen-bond acceptors (Lipinski definition) is 5. The van der Waals surface area contributed by atoms with Crippen molar-refractivity contribution >= 4 is 28.2 Å². The highest BCUT2D eigenvalue weighted by molar-refractivity contribution is 5.94. The smallest absolute Gasteiger partial charge is 0.406 e. The number of aromatic nitrogens is 1. The topological polar surface area (TPSA) is 90.5 Å². The maximum absolute atomic E-state index is 13.5. The van der Waals surface area contributed by atoms with Gasteiger partial charge in [-0.05, 0) is 62.1 Å². The Bertz CT molecular complexity index is 1340. The third-order valence-corrected chi connectivity index (χ3v) is 6.20. The zero-order valence-corrected chi connectivity index (χ0v) is 20.6. The van der Waals surface area contributed by atoms with Crippen molar-refractivity contribution in [1.82, 2.24) is 4.57 Å². The van der Waals surface area contributed by atoms with Gasteiger partial charge in [0.25, 0.3) is 0 Å². The average Bonchev–Trinajstić information content (AvgIpc) is 3.18. The summed E-state index contributed by atoms with van der Waals surface area (Å²) in [5, 5.41) is 7.24. The van der Waals surface area contributed by atoms with E-state index in [4.69, 9.17) is 15.2 Å². The fraction of sp³-hybridized carbons (Fsp3) is 0.370. The van der Waals surface area contributed by atoms with Crippen LogP contribution in [0.25, 0.3) is 10.9 Å². The summed E-state index contributed by atoms with van der Waals surface area (Å²) in [7, 11) is 1.46. The van der Waals surface area contributed by atoms with Gasteiger partial charge in [0.05, 0.1) is 36.7 Å². The van der Waals surface area contributed by atoms with E-state index in [1.807, 2.05) is 13.0 Å². The number of carbonyl (C=O) groups is 1.